The van der Waals surface area contributed by atoms with Gasteiger partial charge in [-0.15, -0.1) is 12.4 Å². The van der Waals surface area contributed by atoms with Crippen LogP contribution >= 0.6 is 12.4 Å². The molecule has 0 radical (unpaired) electrons. The van der Waals surface area contributed by atoms with Crippen molar-refractivity contribution in [2.45, 2.75) is 51.1 Å². The van der Waals surface area contributed by atoms with Crippen molar-refractivity contribution in [3.8, 4) is 0 Å². The van der Waals surface area contributed by atoms with E-state index in [0.717, 1.165) is 19.3 Å². The van der Waals surface area contributed by atoms with Crippen LogP contribution in [-0.4, -0.2) is 23.9 Å². The van der Waals surface area contributed by atoms with Crippen LogP contribution in [0.1, 0.15) is 39.0 Å². The van der Waals surface area contributed by atoms with Crippen molar-refractivity contribution in [1.29, 1.82) is 0 Å². The van der Waals surface area contributed by atoms with Gasteiger partial charge < -0.3 is 16.8 Å². The highest BCUT2D eigenvalue weighted by Crippen LogP contribution is 2.23. The van der Waals surface area contributed by atoms with E-state index in [1.165, 1.54) is 6.42 Å². The summed E-state index contributed by atoms with van der Waals surface area (Å²) in [4.78, 5) is 22.2. The molecule has 0 aliphatic heterocycles. The van der Waals surface area contributed by atoms with Crippen LogP contribution in [-0.2, 0) is 9.59 Å². The van der Waals surface area contributed by atoms with Gasteiger partial charge in [-0.1, -0.05) is 19.8 Å². The number of halogens is 1. The minimum Gasteiger partial charge on any atom is -0.370 e. The highest BCUT2D eigenvalue weighted by atomic mass is 35.5. The molecule has 0 aromatic carbocycles. The Labute approximate surface area is 108 Å². The van der Waals surface area contributed by atoms with E-state index in [1.807, 2.05) is 0 Å². The first-order valence-electron chi connectivity index (χ1n) is 5.83. The summed E-state index contributed by atoms with van der Waals surface area (Å²) >= 11 is 0. The SMILES string of the molecule is CC1CCCC(NC(=O)C(N)CC(N)=O)C1.Cl. The van der Waals surface area contributed by atoms with Crippen molar-refractivity contribution in [2.75, 3.05) is 0 Å². The molecule has 0 spiro atoms. The fourth-order valence-corrected chi connectivity index (χ4v) is 2.18. The molecule has 1 saturated carbocycles. The van der Waals surface area contributed by atoms with E-state index in [4.69, 9.17) is 11.5 Å². The van der Waals surface area contributed by atoms with E-state index < -0.39 is 11.9 Å². The van der Waals surface area contributed by atoms with Gasteiger partial charge in [-0.25, -0.2) is 0 Å². The molecule has 1 fully saturated rings. The number of amides is 2. The summed E-state index contributed by atoms with van der Waals surface area (Å²) < 4.78 is 0. The summed E-state index contributed by atoms with van der Waals surface area (Å²) in [7, 11) is 0. The van der Waals surface area contributed by atoms with Gasteiger partial charge in [0.1, 0.15) is 0 Å². The van der Waals surface area contributed by atoms with Gasteiger partial charge >= 0.3 is 0 Å². The molecule has 0 aromatic heterocycles. The van der Waals surface area contributed by atoms with Gasteiger partial charge in [-0.05, 0) is 18.8 Å². The van der Waals surface area contributed by atoms with Gasteiger partial charge in [0.2, 0.25) is 11.8 Å². The Bertz CT molecular complexity index is 273. The van der Waals surface area contributed by atoms with Crippen molar-refractivity contribution in [3.05, 3.63) is 0 Å². The minimum absolute atomic E-state index is 0. The van der Waals surface area contributed by atoms with Gasteiger partial charge in [0.25, 0.3) is 0 Å². The van der Waals surface area contributed by atoms with Crippen LogP contribution in [0.4, 0.5) is 0 Å². The second-order valence-corrected chi connectivity index (χ2v) is 4.75. The topological polar surface area (TPSA) is 98.2 Å². The highest BCUT2D eigenvalue weighted by Gasteiger charge is 2.23. The maximum atomic E-state index is 11.6. The predicted molar refractivity (Wildman–Crippen MR) is 68.6 cm³/mol. The first kappa shape index (κ1) is 16.2. The number of rotatable bonds is 4. The summed E-state index contributed by atoms with van der Waals surface area (Å²) in [5, 5.41) is 2.88. The molecule has 17 heavy (non-hydrogen) atoms. The van der Waals surface area contributed by atoms with Crippen LogP contribution in [0, 0.1) is 5.92 Å². The smallest absolute Gasteiger partial charge is 0.237 e. The maximum absolute atomic E-state index is 11.6. The van der Waals surface area contributed by atoms with E-state index in [2.05, 4.69) is 12.2 Å². The lowest BCUT2D eigenvalue weighted by Gasteiger charge is -2.28. The van der Waals surface area contributed by atoms with E-state index >= 15 is 0 Å². The van der Waals surface area contributed by atoms with Gasteiger partial charge in [0.15, 0.2) is 0 Å². The summed E-state index contributed by atoms with van der Waals surface area (Å²) in [6, 6.07) is -0.607. The fourth-order valence-electron chi connectivity index (χ4n) is 2.18. The second-order valence-electron chi connectivity index (χ2n) is 4.75. The van der Waals surface area contributed by atoms with Crippen LogP contribution in [0.2, 0.25) is 0 Å². The highest BCUT2D eigenvalue weighted by molar-refractivity contribution is 5.87. The van der Waals surface area contributed by atoms with E-state index in [0.29, 0.717) is 5.92 Å². The monoisotopic (exact) mass is 263 g/mol. The molecule has 5 N–H and O–H groups in total. The Morgan fingerprint density at radius 2 is 2.06 bits per heavy atom. The van der Waals surface area contributed by atoms with Crippen molar-refractivity contribution in [2.24, 2.45) is 17.4 Å². The van der Waals surface area contributed by atoms with Crippen LogP contribution < -0.4 is 16.8 Å². The zero-order valence-electron chi connectivity index (χ0n) is 10.1. The average Bonchev–Trinajstić information content (AvgIpc) is 2.16. The number of carbonyl (C=O) groups excluding carboxylic acids is 2. The molecule has 0 bridgehead atoms. The van der Waals surface area contributed by atoms with Gasteiger partial charge in [-0.2, -0.15) is 0 Å². The summed E-state index contributed by atoms with van der Waals surface area (Å²) in [5.41, 5.74) is 10.5. The zero-order valence-corrected chi connectivity index (χ0v) is 11.0. The molecular weight excluding hydrogens is 242 g/mol. The number of hydrogen-bond donors (Lipinski definition) is 3. The lowest BCUT2D eigenvalue weighted by molar-refractivity contribution is -0.127. The lowest BCUT2D eigenvalue weighted by atomic mass is 9.87. The summed E-state index contributed by atoms with van der Waals surface area (Å²) in [6.45, 7) is 2.18. The quantitative estimate of drug-likeness (QED) is 0.681. The molecule has 100 valence electrons. The van der Waals surface area contributed by atoms with Crippen LogP contribution in [0.3, 0.4) is 0 Å². The molecular formula is C11H22ClN3O2. The van der Waals surface area contributed by atoms with Crippen molar-refractivity contribution < 1.29 is 9.59 Å². The third-order valence-electron chi connectivity index (χ3n) is 3.04. The molecule has 6 heteroatoms. The van der Waals surface area contributed by atoms with Crippen LogP contribution in [0.25, 0.3) is 0 Å². The van der Waals surface area contributed by atoms with Gasteiger partial charge in [0, 0.05) is 6.04 Å². The Hall–Kier alpha value is -0.810. The Balaban J connectivity index is 0.00000256. The minimum atomic E-state index is -0.810. The number of primary amides is 1. The first-order valence-corrected chi connectivity index (χ1v) is 5.83. The van der Waals surface area contributed by atoms with Crippen LogP contribution in [0.15, 0.2) is 0 Å². The first-order chi connectivity index (χ1) is 7.49. The molecule has 3 unspecified atom stereocenters. The van der Waals surface area contributed by atoms with Gasteiger partial charge in [-0.3, -0.25) is 9.59 Å². The fraction of sp³-hybridized carbons (Fsp3) is 0.818. The number of carbonyl (C=O) groups is 2. The normalized spacial score (nSPS) is 25.5. The van der Waals surface area contributed by atoms with Gasteiger partial charge in [0.05, 0.1) is 12.5 Å². The van der Waals surface area contributed by atoms with Crippen molar-refractivity contribution in [3.63, 3.8) is 0 Å². The second kappa shape index (κ2) is 7.50. The zero-order chi connectivity index (χ0) is 12.1. The van der Waals surface area contributed by atoms with E-state index in [9.17, 15) is 9.59 Å². The van der Waals surface area contributed by atoms with Crippen LogP contribution in [0.5, 0.6) is 0 Å². The maximum Gasteiger partial charge on any atom is 0.237 e. The van der Waals surface area contributed by atoms with Crippen molar-refractivity contribution in [1.82, 2.24) is 5.32 Å². The van der Waals surface area contributed by atoms with Crippen molar-refractivity contribution >= 4 is 24.2 Å². The third-order valence-corrected chi connectivity index (χ3v) is 3.04. The molecule has 2 amide bonds. The Morgan fingerprint density at radius 3 is 2.59 bits per heavy atom. The predicted octanol–water partition coefficient (Wildman–Crippen LogP) is 0.306. The number of hydrogen-bond acceptors (Lipinski definition) is 3. The number of nitrogens with two attached hydrogens (primary N) is 2. The molecule has 1 aliphatic rings. The number of nitrogens with one attached hydrogen (secondary N) is 1. The molecule has 0 aromatic rings. The molecule has 0 saturated heterocycles. The molecule has 1 aliphatic carbocycles. The summed E-state index contributed by atoms with van der Waals surface area (Å²) in [5.74, 6) is -0.163. The third kappa shape index (κ3) is 5.89. The Kier molecular flexibility index (Phi) is 7.15. The standard InChI is InChI=1S/C11H21N3O2.ClH/c1-7-3-2-4-8(5-7)14-11(16)9(12)6-10(13)15;/h7-9H,2-6,12H2,1H3,(H2,13,15)(H,14,16);1H. The Morgan fingerprint density at radius 1 is 1.41 bits per heavy atom. The molecule has 5 nitrogen and oxygen atoms in total. The average molecular weight is 264 g/mol. The lowest BCUT2D eigenvalue weighted by Crippen LogP contribution is -2.48. The van der Waals surface area contributed by atoms with E-state index in [1.54, 1.807) is 0 Å². The summed E-state index contributed by atoms with van der Waals surface area (Å²) in [6.07, 6.45) is 4.26. The largest absolute Gasteiger partial charge is 0.370 e. The molecule has 3 atom stereocenters. The molecule has 1 rings (SSSR count). The van der Waals surface area contributed by atoms with E-state index in [-0.39, 0.29) is 30.8 Å². The molecule has 0 heterocycles.